The van der Waals surface area contributed by atoms with Gasteiger partial charge in [0.1, 0.15) is 12.4 Å². The van der Waals surface area contributed by atoms with Crippen molar-refractivity contribution in [1.82, 2.24) is 10.2 Å². The molecular weight excluding hydrogens is 375 g/mol. The SMILES string of the molecule is CC(=O)OC[C@]12C=C[C@H](c3cc(-c4c(F)cccc4Cl)nnc31)S2(C)C. The van der Waals surface area contributed by atoms with E-state index in [-0.39, 0.29) is 23.4 Å². The standard InChI is InChI=1S/C19H18ClFN2O2S/c1-11(24)25-10-19-8-7-16(26(19,2)3)12-9-15(22-23-18(12)19)17-13(20)5-4-6-14(17)21/h4-9,16H,10H2,1-3H3/t16-,19-/m1/s1. The third-order valence-electron chi connectivity index (χ3n) is 5.35. The van der Waals surface area contributed by atoms with E-state index < -0.39 is 20.6 Å². The molecule has 4 rings (SSSR count). The molecule has 2 atom stereocenters. The Morgan fingerprint density at radius 1 is 1.38 bits per heavy atom. The minimum atomic E-state index is -1.25. The quantitative estimate of drug-likeness (QED) is 0.574. The van der Waals surface area contributed by atoms with E-state index in [1.807, 2.05) is 6.07 Å². The number of nitrogens with zero attached hydrogens (tertiary/aromatic N) is 2. The minimum absolute atomic E-state index is 0.174. The van der Waals surface area contributed by atoms with Gasteiger partial charge in [-0.1, -0.05) is 29.8 Å². The van der Waals surface area contributed by atoms with Crippen molar-refractivity contribution in [3.8, 4) is 11.3 Å². The molecule has 136 valence electrons. The fraction of sp³-hybridized carbons (Fsp3) is 0.316. The molecule has 0 saturated carbocycles. The van der Waals surface area contributed by atoms with E-state index in [9.17, 15) is 9.18 Å². The van der Waals surface area contributed by atoms with E-state index in [1.165, 1.54) is 13.0 Å². The van der Waals surface area contributed by atoms with Crippen LogP contribution in [0, 0.1) is 5.82 Å². The number of rotatable bonds is 3. The van der Waals surface area contributed by atoms with E-state index in [1.54, 1.807) is 12.1 Å². The Kier molecular flexibility index (Phi) is 3.90. The topological polar surface area (TPSA) is 52.1 Å². The summed E-state index contributed by atoms with van der Waals surface area (Å²) in [6.07, 6.45) is 8.66. The highest BCUT2D eigenvalue weighted by Gasteiger charge is 2.58. The number of carbonyl (C=O) groups is 1. The fourth-order valence-corrected chi connectivity index (χ4v) is 7.33. The van der Waals surface area contributed by atoms with Gasteiger partial charge in [-0.15, -0.1) is 0 Å². The van der Waals surface area contributed by atoms with E-state index >= 15 is 0 Å². The summed E-state index contributed by atoms with van der Waals surface area (Å²) in [7, 11) is -1.25. The fourth-order valence-electron chi connectivity index (χ4n) is 3.88. The highest BCUT2D eigenvalue weighted by molar-refractivity contribution is 8.34. The maximum Gasteiger partial charge on any atom is 0.302 e. The molecule has 4 nitrogen and oxygen atoms in total. The molecule has 0 amide bonds. The number of benzene rings is 1. The van der Waals surface area contributed by atoms with Crippen molar-refractivity contribution in [1.29, 1.82) is 0 Å². The van der Waals surface area contributed by atoms with Crippen LogP contribution >= 0.6 is 21.6 Å². The first-order valence-corrected chi connectivity index (χ1v) is 11.0. The Balaban J connectivity index is 1.85. The summed E-state index contributed by atoms with van der Waals surface area (Å²) in [5.41, 5.74) is 2.52. The first-order chi connectivity index (χ1) is 12.3. The van der Waals surface area contributed by atoms with Gasteiger partial charge in [-0.05, 0) is 36.3 Å². The van der Waals surface area contributed by atoms with Gasteiger partial charge >= 0.3 is 5.97 Å². The molecule has 7 heteroatoms. The van der Waals surface area contributed by atoms with Crippen molar-refractivity contribution in [2.45, 2.75) is 16.9 Å². The molecule has 0 spiro atoms. The van der Waals surface area contributed by atoms with Gasteiger partial charge in [-0.2, -0.15) is 10.2 Å². The Hall–Kier alpha value is -1.92. The van der Waals surface area contributed by atoms with E-state index in [0.29, 0.717) is 10.7 Å². The number of halogens is 2. The van der Waals surface area contributed by atoms with Crippen LogP contribution < -0.4 is 0 Å². The smallest absolute Gasteiger partial charge is 0.302 e. The normalized spacial score (nSPS) is 25.8. The van der Waals surface area contributed by atoms with Crippen LogP contribution in [0.25, 0.3) is 11.3 Å². The largest absolute Gasteiger partial charge is 0.464 e. The van der Waals surface area contributed by atoms with Gasteiger partial charge in [-0.25, -0.2) is 14.4 Å². The zero-order valence-corrected chi connectivity index (χ0v) is 16.2. The van der Waals surface area contributed by atoms with Crippen LogP contribution in [0.15, 0.2) is 36.4 Å². The summed E-state index contributed by atoms with van der Waals surface area (Å²) >= 11 is 6.19. The van der Waals surface area contributed by atoms with Crippen molar-refractivity contribution in [2.24, 2.45) is 0 Å². The van der Waals surface area contributed by atoms with Crippen LogP contribution in [0.1, 0.15) is 23.4 Å². The van der Waals surface area contributed by atoms with Crippen LogP contribution in [0.4, 0.5) is 4.39 Å². The van der Waals surface area contributed by atoms with Crippen LogP contribution in [0.3, 0.4) is 0 Å². The minimum Gasteiger partial charge on any atom is -0.464 e. The summed E-state index contributed by atoms with van der Waals surface area (Å²) in [6, 6.07) is 6.44. The van der Waals surface area contributed by atoms with Crippen molar-refractivity contribution in [3.63, 3.8) is 0 Å². The number of aromatic nitrogens is 2. The van der Waals surface area contributed by atoms with Crippen molar-refractivity contribution >= 4 is 27.6 Å². The predicted octanol–water partition coefficient (Wildman–Crippen LogP) is 4.38. The van der Waals surface area contributed by atoms with Gasteiger partial charge in [0.25, 0.3) is 0 Å². The van der Waals surface area contributed by atoms with E-state index in [0.717, 1.165) is 11.3 Å². The number of hydrogen-bond donors (Lipinski definition) is 0. The lowest BCUT2D eigenvalue weighted by Gasteiger charge is -2.41. The zero-order chi connectivity index (χ0) is 18.7. The number of fused-ring (bicyclic) bond motifs is 5. The Bertz CT molecular complexity index is 942. The molecular formula is C19H18ClFN2O2S. The maximum absolute atomic E-state index is 14.3. The molecule has 2 aliphatic heterocycles. The summed E-state index contributed by atoms with van der Waals surface area (Å²) in [5, 5.41) is 9.19. The molecule has 26 heavy (non-hydrogen) atoms. The van der Waals surface area contributed by atoms with Crippen molar-refractivity contribution < 1.29 is 13.9 Å². The van der Waals surface area contributed by atoms with Crippen LogP contribution in [0.2, 0.25) is 5.02 Å². The van der Waals surface area contributed by atoms with Crippen LogP contribution in [0.5, 0.6) is 0 Å². The van der Waals surface area contributed by atoms with Gasteiger partial charge in [0.2, 0.25) is 0 Å². The Morgan fingerprint density at radius 2 is 2.15 bits per heavy atom. The Labute approximate surface area is 157 Å². The average Bonchev–Trinajstić information content (AvgIpc) is 2.94. The third kappa shape index (κ3) is 2.25. The van der Waals surface area contributed by atoms with Gasteiger partial charge in [0, 0.05) is 12.2 Å². The lowest BCUT2D eigenvalue weighted by atomic mass is 9.92. The predicted molar refractivity (Wildman–Crippen MR) is 102 cm³/mol. The monoisotopic (exact) mass is 392 g/mol. The van der Waals surface area contributed by atoms with Gasteiger partial charge in [0.05, 0.1) is 26.7 Å². The third-order valence-corrected chi connectivity index (χ3v) is 9.67. The molecule has 1 aromatic heterocycles. The highest BCUT2D eigenvalue weighted by atomic mass is 35.5. The number of esters is 1. The summed E-state index contributed by atoms with van der Waals surface area (Å²) in [5.74, 6) is -0.741. The molecule has 2 aromatic rings. The van der Waals surface area contributed by atoms with Gasteiger partial charge in [-0.3, -0.25) is 4.79 Å². The Morgan fingerprint density at radius 3 is 2.85 bits per heavy atom. The lowest BCUT2D eigenvalue weighted by Crippen LogP contribution is -2.32. The molecule has 0 fully saturated rings. The summed E-state index contributed by atoms with van der Waals surface area (Å²) in [6.45, 7) is 1.65. The average molecular weight is 393 g/mol. The van der Waals surface area contributed by atoms with Crippen LogP contribution in [-0.2, 0) is 14.3 Å². The second-order valence-corrected chi connectivity index (χ2v) is 11.4. The highest BCUT2D eigenvalue weighted by Crippen LogP contribution is 2.78. The maximum atomic E-state index is 14.3. The molecule has 2 aliphatic rings. The van der Waals surface area contributed by atoms with E-state index in [2.05, 4.69) is 34.9 Å². The van der Waals surface area contributed by atoms with Gasteiger partial charge < -0.3 is 4.74 Å². The lowest BCUT2D eigenvalue weighted by molar-refractivity contribution is -0.141. The molecule has 0 radical (unpaired) electrons. The molecule has 0 N–H and O–H groups in total. The molecule has 0 aliphatic carbocycles. The molecule has 3 heterocycles. The molecule has 1 aromatic carbocycles. The van der Waals surface area contributed by atoms with E-state index in [4.69, 9.17) is 16.3 Å². The first kappa shape index (κ1) is 17.5. The first-order valence-electron chi connectivity index (χ1n) is 8.15. The van der Waals surface area contributed by atoms with Gasteiger partial charge in [0.15, 0.2) is 0 Å². The number of ether oxygens (including phenoxy) is 1. The van der Waals surface area contributed by atoms with Crippen LogP contribution in [-0.4, -0.2) is 35.3 Å². The zero-order valence-electron chi connectivity index (χ0n) is 14.6. The molecule has 2 bridgehead atoms. The second-order valence-electron chi connectivity index (χ2n) is 6.99. The second kappa shape index (κ2) is 5.79. The molecule has 0 unspecified atom stereocenters. The van der Waals surface area contributed by atoms with Crippen molar-refractivity contribution in [3.05, 3.63) is 58.5 Å². The summed E-state index contributed by atoms with van der Waals surface area (Å²) in [4.78, 5) is 11.4. The number of hydrogen-bond acceptors (Lipinski definition) is 4. The molecule has 0 saturated heterocycles. The van der Waals surface area contributed by atoms with Crippen molar-refractivity contribution in [2.75, 3.05) is 19.1 Å². The number of carbonyl (C=O) groups excluding carboxylic acids is 1. The summed E-state index contributed by atoms with van der Waals surface area (Å²) < 4.78 is 19.2.